The zero-order valence-electron chi connectivity index (χ0n) is 6.41. The standard InChI is InChI=1S/C10H6N2/c1-8-4-6-9(7-5-8)10(11-2)12-3/h4-7H,1H2. The molecular formula is C10H6N2. The van der Waals surface area contributed by atoms with E-state index >= 15 is 0 Å². The van der Waals surface area contributed by atoms with E-state index in [0.717, 1.165) is 5.22 Å². The minimum absolute atomic E-state index is 0.106. The van der Waals surface area contributed by atoms with Crippen LogP contribution in [0.2, 0.25) is 0 Å². The van der Waals surface area contributed by atoms with Crippen molar-refractivity contribution in [2.24, 2.45) is 0 Å². The van der Waals surface area contributed by atoms with Crippen LogP contribution < -0.4 is 10.4 Å². The van der Waals surface area contributed by atoms with Gasteiger partial charge in [0.1, 0.15) is 13.1 Å². The Hall–Kier alpha value is -2.06. The van der Waals surface area contributed by atoms with Crippen LogP contribution in [-0.2, 0) is 0 Å². The molecule has 0 unspecified atom stereocenters. The van der Waals surface area contributed by atoms with Crippen LogP contribution in [0.1, 0.15) is 0 Å². The van der Waals surface area contributed by atoms with Crippen molar-refractivity contribution >= 4 is 12.4 Å². The first-order valence-corrected chi connectivity index (χ1v) is 3.32. The topological polar surface area (TPSA) is 8.72 Å². The van der Waals surface area contributed by atoms with Gasteiger partial charge in [-0.15, -0.1) is 0 Å². The monoisotopic (exact) mass is 154 g/mol. The highest BCUT2D eigenvalue weighted by Crippen LogP contribution is 1.94. The van der Waals surface area contributed by atoms with Crippen LogP contribution in [0.25, 0.3) is 22.1 Å². The van der Waals surface area contributed by atoms with Crippen molar-refractivity contribution in [2.75, 3.05) is 0 Å². The minimum Gasteiger partial charge on any atom is -0.153 e. The van der Waals surface area contributed by atoms with Crippen LogP contribution >= 0.6 is 0 Å². The van der Waals surface area contributed by atoms with E-state index in [9.17, 15) is 0 Å². The van der Waals surface area contributed by atoms with E-state index in [4.69, 9.17) is 13.1 Å². The van der Waals surface area contributed by atoms with Gasteiger partial charge in [0, 0.05) is 0 Å². The molecule has 0 heterocycles. The Morgan fingerprint density at radius 1 is 1.08 bits per heavy atom. The Balaban J connectivity index is 3.51. The Bertz CT molecular complexity index is 433. The summed E-state index contributed by atoms with van der Waals surface area (Å²) in [6, 6.07) is 7.03. The lowest BCUT2D eigenvalue weighted by atomic mass is 10.2. The van der Waals surface area contributed by atoms with Crippen LogP contribution in [0.5, 0.6) is 0 Å². The summed E-state index contributed by atoms with van der Waals surface area (Å²) in [4.78, 5) is 6.20. The summed E-state index contributed by atoms with van der Waals surface area (Å²) in [6.07, 6.45) is 0. The molecule has 1 rings (SSSR count). The molecule has 2 heteroatoms. The molecule has 0 aliphatic heterocycles. The summed E-state index contributed by atoms with van der Waals surface area (Å²) >= 11 is 0. The summed E-state index contributed by atoms with van der Waals surface area (Å²) in [5.41, 5.74) is 0. The van der Waals surface area contributed by atoms with Gasteiger partial charge in [-0.25, -0.2) is 0 Å². The second-order valence-corrected chi connectivity index (χ2v) is 2.24. The van der Waals surface area contributed by atoms with Gasteiger partial charge in [-0.2, -0.15) is 9.69 Å². The summed E-state index contributed by atoms with van der Waals surface area (Å²) in [5.74, 6) is 0.106. The molecule has 0 radical (unpaired) electrons. The second-order valence-electron chi connectivity index (χ2n) is 2.24. The fourth-order valence-electron chi connectivity index (χ4n) is 0.808. The third-order valence-electron chi connectivity index (χ3n) is 1.42. The molecule has 0 N–H and O–H groups in total. The maximum absolute atomic E-state index is 6.71. The van der Waals surface area contributed by atoms with Crippen LogP contribution in [0.15, 0.2) is 24.3 Å². The molecule has 0 saturated carbocycles. The number of benzene rings is 1. The Labute approximate surface area is 70.7 Å². The van der Waals surface area contributed by atoms with Gasteiger partial charge in [0.05, 0.1) is 5.22 Å². The van der Waals surface area contributed by atoms with Crippen LogP contribution in [0, 0.1) is 13.1 Å². The first-order chi connectivity index (χ1) is 5.77. The van der Waals surface area contributed by atoms with Gasteiger partial charge in [0.2, 0.25) is 0 Å². The predicted molar refractivity (Wildman–Crippen MR) is 47.8 cm³/mol. The Morgan fingerprint density at radius 2 is 1.58 bits per heavy atom. The van der Waals surface area contributed by atoms with Crippen molar-refractivity contribution in [2.45, 2.75) is 0 Å². The molecule has 0 amide bonds. The highest BCUT2D eigenvalue weighted by Gasteiger charge is 2.01. The largest absolute Gasteiger partial charge is 0.526 e. The molecule has 1 aromatic carbocycles. The summed E-state index contributed by atoms with van der Waals surface area (Å²) in [6.45, 7) is 17.1. The van der Waals surface area contributed by atoms with Gasteiger partial charge in [-0.3, -0.25) is 0 Å². The summed E-state index contributed by atoms with van der Waals surface area (Å²) < 4.78 is 0. The SMILES string of the molecule is [C-]#[N+]C([N+]#[C-])=c1ccc(=C)cc1. The van der Waals surface area contributed by atoms with Gasteiger partial charge in [-0.05, 0) is 5.22 Å². The number of nitrogens with zero attached hydrogens (tertiary/aromatic N) is 2. The van der Waals surface area contributed by atoms with E-state index in [1.54, 1.807) is 24.3 Å². The molecule has 12 heavy (non-hydrogen) atoms. The van der Waals surface area contributed by atoms with E-state index in [-0.39, 0.29) is 5.82 Å². The smallest absolute Gasteiger partial charge is 0.153 e. The van der Waals surface area contributed by atoms with Crippen molar-refractivity contribution < 1.29 is 0 Å². The maximum atomic E-state index is 6.71. The van der Waals surface area contributed by atoms with Gasteiger partial charge < -0.3 is 0 Å². The van der Waals surface area contributed by atoms with Crippen molar-refractivity contribution in [3.8, 4) is 0 Å². The molecule has 0 saturated heterocycles. The first kappa shape index (κ1) is 8.04. The highest BCUT2D eigenvalue weighted by atomic mass is 14.9. The van der Waals surface area contributed by atoms with Crippen LogP contribution in [0.4, 0.5) is 0 Å². The maximum Gasteiger partial charge on any atom is 0.526 e. The van der Waals surface area contributed by atoms with E-state index in [2.05, 4.69) is 16.3 Å². The average molecular weight is 154 g/mol. The van der Waals surface area contributed by atoms with Gasteiger partial charge in [0.15, 0.2) is 0 Å². The van der Waals surface area contributed by atoms with Crippen LogP contribution in [0.3, 0.4) is 0 Å². The molecular weight excluding hydrogens is 148 g/mol. The molecule has 0 aliphatic carbocycles. The van der Waals surface area contributed by atoms with E-state index in [1.165, 1.54) is 0 Å². The molecule has 1 aromatic rings. The molecule has 0 bridgehead atoms. The van der Waals surface area contributed by atoms with Gasteiger partial charge >= 0.3 is 5.82 Å². The lowest BCUT2D eigenvalue weighted by Crippen LogP contribution is -2.06. The lowest BCUT2D eigenvalue weighted by molar-refractivity contribution is 1.54. The zero-order chi connectivity index (χ0) is 8.97. The molecule has 0 atom stereocenters. The fraction of sp³-hybridized carbons (Fsp3) is 0. The molecule has 0 fully saturated rings. The van der Waals surface area contributed by atoms with Gasteiger partial charge in [0.25, 0.3) is 0 Å². The molecule has 2 nitrogen and oxygen atoms in total. The van der Waals surface area contributed by atoms with Crippen molar-refractivity contribution in [3.05, 3.63) is 57.5 Å². The average Bonchev–Trinajstić information content (AvgIpc) is 2.10. The minimum atomic E-state index is 0.106. The summed E-state index contributed by atoms with van der Waals surface area (Å²) in [5, 5.41) is 1.54. The van der Waals surface area contributed by atoms with E-state index in [0.29, 0.717) is 5.22 Å². The molecule has 0 spiro atoms. The Kier molecular flexibility index (Phi) is 2.26. The lowest BCUT2D eigenvalue weighted by Gasteiger charge is -1.81. The number of hydrogen-bond acceptors (Lipinski definition) is 0. The van der Waals surface area contributed by atoms with Crippen molar-refractivity contribution in [1.82, 2.24) is 0 Å². The van der Waals surface area contributed by atoms with E-state index in [1.807, 2.05) is 0 Å². The van der Waals surface area contributed by atoms with Gasteiger partial charge in [-0.1, -0.05) is 30.8 Å². The Morgan fingerprint density at radius 3 is 2.00 bits per heavy atom. The molecule has 0 aromatic heterocycles. The third kappa shape index (κ3) is 1.51. The molecule has 56 valence electrons. The van der Waals surface area contributed by atoms with Crippen LogP contribution in [-0.4, -0.2) is 0 Å². The third-order valence-corrected chi connectivity index (χ3v) is 1.42. The number of rotatable bonds is 0. The fourth-order valence-corrected chi connectivity index (χ4v) is 0.808. The first-order valence-electron chi connectivity index (χ1n) is 3.32. The van der Waals surface area contributed by atoms with E-state index < -0.39 is 0 Å². The highest BCUT2D eigenvalue weighted by molar-refractivity contribution is 5.57. The summed E-state index contributed by atoms with van der Waals surface area (Å²) in [7, 11) is 0. The number of hydrogen-bond donors (Lipinski definition) is 0. The second kappa shape index (κ2) is 3.37. The normalized spacial score (nSPS) is 8.17. The van der Waals surface area contributed by atoms with Crippen molar-refractivity contribution in [1.29, 1.82) is 0 Å². The quantitative estimate of drug-likeness (QED) is 0.493. The zero-order valence-corrected chi connectivity index (χ0v) is 6.41. The van der Waals surface area contributed by atoms with Crippen molar-refractivity contribution in [3.63, 3.8) is 0 Å². The predicted octanol–water partition coefficient (Wildman–Crippen LogP) is 1.00. The molecule has 0 aliphatic rings.